The monoisotopic (exact) mass is 783 g/mol. The van der Waals surface area contributed by atoms with Gasteiger partial charge in [-0.2, -0.15) is 0 Å². The lowest BCUT2D eigenvalue weighted by molar-refractivity contribution is 1.27. The van der Waals surface area contributed by atoms with Crippen LogP contribution in [0.15, 0.2) is 200 Å². The van der Waals surface area contributed by atoms with E-state index in [2.05, 4.69) is 128 Å². The molecule has 60 heavy (non-hydrogen) atoms. The van der Waals surface area contributed by atoms with Crippen molar-refractivity contribution in [1.82, 2.24) is 0 Å². The van der Waals surface area contributed by atoms with Gasteiger partial charge in [-0.3, -0.25) is 5.41 Å². The van der Waals surface area contributed by atoms with Crippen molar-refractivity contribution in [3.05, 3.63) is 228 Å². The Morgan fingerprint density at radius 3 is 1.55 bits per heavy atom. The summed E-state index contributed by atoms with van der Waals surface area (Å²) in [6, 6.07) is 64.1. The number of hydrogen-bond acceptors (Lipinski definition) is 4. The zero-order valence-electron chi connectivity index (χ0n) is 34.6. The molecule has 0 heterocycles. The molecule has 0 unspecified atom stereocenters. The van der Waals surface area contributed by atoms with Gasteiger partial charge in [-0.05, 0) is 78.3 Å². The third kappa shape index (κ3) is 11.1. The third-order valence-electron chi connectivity index (χ3n) is 10.2. The maximum atomic E-state index is 7.01. The fraction of sp³-hybridized carbons (Fsp3) is 0.0727. The van der Waals surface area contributed by atoms with Crippen LogP contribution in [0.2, 0.25) is 0 Å². The highest BCUT2D eigenvalue weighted by Crippen LogP contribution is 2.40. The molecule has 5 nitrogen and oxygen atoms in total. The molecular formula is C55H53N5. The van der Waals surface area contributed by atoms with E-state index in [1.165, 1.54) is 44.5 Å². The number of amidine groups is 1. The van der Waals surface area contributed by atoms with Crippen LogP contribution in [0, 0.1) is 12.3 Å². The highest BCUT2D eigenvalue weighted by molar-refractivity contribution is 6.10. The van der Waals surface area contributed by atoms with Gasteiger partial charge in [0.25, 0.3) is 0 Å². The molecule has 0 bridgehead atoms. The minimum atomic E-state index is 0.121. The Morgan fingerprint density at radius 2 is 1.02 bits per heavy atom. The number of aryl methyl sites for hydroxylation is 1. The normalized spacial score (nSPS) is 10.9. The van der Waals surface area contributed by atoms with Crippen molar-refractivity contribution in [2.45, 2.75) is 27.2 Å². The van der Waals surface area contributed by atoms with Crippen molar-refractivity contribution in [3.63, 3.8) is 0 Å². The number of fused-ring (bicyclic) bond motifs is 1. The molecule has 0 aliphatic carbocycles. The van der Waals surface area contributed by atoms with Crippen molar-refractivity contribution in [1.29, 1.82) is 5.41 Å². The van der Waals surface area contributed by atoms with Crippen LogP contribution in [0.3, 0.4) is 0 Å². The number of rotatable bonds is 9. The van der Waals surface area contributed by atoms with Gasteiger partial charge in [-0.25, -0.2) is 0 Å². The van der Waals surface area contributed by atoms with Crippen molar-refractivity contribution in [3.8, 4) is 22.3 Å². The van der Waals surface area contributed by atoms with Crippen molar-refractivity contribution in [2.24, 2.45) is 5.73 Å². The summed E-state index contributed by atoms with van der Waals surface area (Å²) in [5, 5.41) is 12.4. The smallest absolute Gasteiger partial charge is 0.122 e. The van der Waals surface area contributed by atoms with Gasteiger partial charge in [0.05, 0.1) is 11.4 Å². The standard InChI is InChI=1S/C29H26.C19H19N3.C7H8N2/c1-22-8-14-27(15-9-22)29-20-18-25(19-21-29)23(2)10-11-24-12-16-28(17-13-24)26-6-4-3-5-7-26;1-2-8-16-17(20)14-11-6-7-12-15(14)18(21)19(16)22-13-9-4-3-5-10-13;8-7(9)6-4-2-1-3-5-6/h3-10,12-21H,11H2,1-2H3;2-12,22H,20-21H2,1H3;1-5H,(H3,8,9)/b23-10+;8-2-;. The van der Waals surface area contributed by atoms with E-state index >= 15 is 0 Å². The van der Waals surface area contributed by atoms with E-state index < -0.39 is 0 Å². The van der Waals surface area contributed by atoms with E-state index in [4.69, 9.17) is 22.6 Å². The molecule has 0 spiro atoms. The van der Waals surface area contributed by atoms with E-state index in [9.17, 15) is 0 Å². The molecule has 0 aliphatic heterocycles. The highest BCUT2D eigenvalue weighted by atomic mass is 14.9. The van der Waals surface area contributed by atoms with Gasteiger partial charge in [-0.1, -0.05) is 200 Å². The molecule has 0 radical (unpaired) electrons. The second-order valence-corrected chi connectivity index (χ2v) is 14.5. The summed E-state index contributed by atoms with van der Waals surface area (Å²) < 4.78 is 0. The molecule has 8 N–H and O–H groups in total. The lowest BCUT2D eigenvalue weighted by Crippen LogP contribution is -2.10. The van der Waals surface area contributed by atoms with E-state index in [0.717, 1.165) is 45.4 Å². The largest absolute Gasteiger partial charge is 0.398 e. The first kappa shape index (κ1) is 42.0. The summed E-state index contributed by atoms with van der Waals surface area (Å²) in [4.78, 5) is 0. The fourth-order valence-corrected chi connectivity index (χ4v) is 6.79. The molecule has 0 aliphatic rings. The maximum Gasteiger partial charge on any atom is 0.122 e. The van der Waals surface area contributed by atoms with Gasteiger partial charge in [-0.15, -0.1) is 0 Å². The summed E-state index contributed by atoms with van der Waals surface area (Å²) in [6.07, 6.45) is 7.22. The Kier molecular flexibility index (Phi) is 14.5. The first-order valence-corrected chi connectivity index (χ1v) is 20.1. The van der Waals surface area contributed by atoms with Gasteiger partial charge in [0.15, 0.2) is 0 Å². The molecule has 0 aromatic heterocycles. The van der Waals surface area contributed by atoms with Gasteiger partial charge >= 0.3 is 0 Å². The van der Waals surface area contributed by atoms with Gasteiger partial charge in [0, 0.05) is 33.3 Å². The van der Waals surface area contributed by atoms with E-state index in [1.807, 2.05) is 104 Å². The summed E-state index contributed by atoms with van der Waals surface area (Å²) in [6.45, 7) is 6.28. The number of hydrogen-bond donors (Lipinski definition) is 5. The van der Waals surface area contributed by atoms with E-state index in [-0.39, 0.29) is 5.84 Å². The zero-order valence-corrected chi connectivity index (χ0v) is 34.6. The minimum Gasteiger partial charge on any atom is -0.398 e. The fourth-order valence-electron chi connectivity index (χ4n) is 6.79. The van der Waals surface area contributed by atoms with Crippen LogP contribution < -0.4 is 22.5 Å². The molecule has 298 valence electrons. The Hall–Kier alpha value is -7.63. The predicted octanol–water partition coefficient (Wildman–Crippen LogP) is 13.7. The van der Waals surface area contributed by atoms with Crippen LogP contribution in [-0.2, 0) is 6.42 Å². The first-order valence-electron chi connectivity index (χ1n) is 20.1. The lowest BCUT2D eigenvalue weighted by atomic mass is 9.98. The van der Waals surface area contributed by atoms with Gasteiger partial charge in [0.1, 0.15) is 5.84 Å². The number of benzene rings is 8. The first-order chi connectivity index (χ1) is 29.2. The molecule has 8 aromatic carbocycles. The Bertz CT molecular complexity index is 2670. The number of para-hydroxylation sites is 1. The minimum absolute atomic E-state index is 0.121. The molecule has 8 aromatic rings. The Morgan fingerprint density at radius 1 is 0.550 bits per heavy atom. The third-order valence-corrected chi connectivity index (χ3v) is 10.2. The average molecular weight is 784 g/mol. The number of nitrogen functional groups attached to an aromatic ring is 3. The quantitative estimate of drug-likeness (QED) is 0.0570. The number of anilines is 4. The number of allylic oxidation sites excluding steroid dienone is 3. The molecule has 8 rings (SSSR count). The van der Waals surface area contributed by atoms with Crippen molar-refractivity contribution < 1.29 is 0 Å². The van der Waals surface area contributed by atoms with Crippen LogP contribution in [0.25, 0.3) is 44.7 Å². The van der Waals surface area contributed by atoms with Crippen LogP contribution in [-0.4, -0.2) is 5.84 Å². The SMILES string of the molecule is C/C(=C\Cc1ccc(-c2ccccc2)cc1)c1ccc(-c2ccc(C)cc2)cc1.C/C=C\c1c(Nc2ccccc2)c(N)c2ccccc2c1N.N=C(N)c1ccccc1. The molecular weight excluding hydrogens is 731 g/mol. The summed E-state index contributed by atoms with van der Waals surface area (Å²) in [7, 11) is 0. The maximum absolute atomic E-state index is 7.01. The molecule has 5 heteroatoms. The molecule has 0 fully saturated rings. The zero-order chi connectivity index (χ0) is 42.3. The predicted molar refractivity (Wildman–Crippen MR) is 261 cm³/mol. The van der Waals surface area contributed by atoms with Gasteiger partial charge in [0.2, 0.25) is 0 Å². The summed E-state index contributed by atoms with van der Waals surface area (Å²) in [5.41, 5.74) is 33.2. The van der Waals surface area contributed by atoms with Crippen molar-refractivity contribution in [2.75, 3.05) is 16.8 Å². The van der Waals surface area contributed by atoms with E-state index in [0.29, 0.717) is 5.69 Å². The Labute approximate surface area is 355 Å². The lowest BCUT2D eigenvalue weighted by Gasteiger charge is -2.18. The van der Waals surface area contributed by atoms with Crippen LogP contribution in [0.4, 0.5) is 22.7 Å². The van der Waals surface area contributed by atoms with Crippen LogP contribution in [0.1, 0.15) is 41.7 Å². The van der Waals surface area contributed by atoms with Gasteiger partial charge < -0.3 is 22.5 Å². The molecule has 0 saturated heterocycles. The van der Waals surface area contributed by atoms with Crippen LogP contribution in [0.5, 0.6) is 0 Å². The number of nitrogens with one attached hydrogen (secondary N) is 2. The summed E-state index contributed by atoms with van der Waals surface area (Å²) in [5.74, 6) is 0.121. The molecule has 0 atom stereocenters. The highest BCUT2D eigenvalue weighted by Gasteiger charge is 2.14. The average Bonchev–Trinajstić information content (AvgIpc) is 3.30. The second kappa shape index (κ2) is 20.7. The van der Waals surface area contributed by atoms with E-state index in [1.54, 1.807) is 0 Å². The van der Waals surface area contributed by atoms with Crippen molar-refractivity contribution >= 4 is 51.0 Å². The molecule has 0 amide bonds. The molecule has 0 saturated carbocycles. The summed E-state index contributed by atoms with van der Waals surface area (Å²) >= 11 is 0. The number of nitrogens with two attached hydrogens (primary N) is 3. The second-order valence-electron chi connectivity index (χ2n) is 14.5. The Balaban J connectivity index is 0.000000171. The van der Waals surface area contributed by atoms with Crippen LogP contribution >= 0.6 is 0 Å². The topological polar surface area (TPSA) is 114 Å².